The predicted octanol–water partition coefficient (Wildman–Crippen LogP) is 0.660. The average Bonchev–Trinajstić information content (AvgIpc) is 2.75. The van der Waals surface area contributed by atoms with Crippen molar-refractivity contribution in [3.63, 3.8) is 0 Å². The van der Waals surface area contributed by atoms with Gasteiger partial charge < -0.3 is 4.84 Å². The van der Waals surface area contributed by atoms with Crippen molar-refractivity contribution >= 4 is 17.5 Å². The Labute approximate surface area is 96.5 Å². The summed E-state index contributed by atoms with van der Waals surface area (Å²) in [6.07, 6.45) is -4.96. The van der Waals surface area contributed by atoms with E-state index < -0.39 is 17.9 Å². The van der Waals surface area contributed by atoms with Gasteiger partial charge in [-0.3, -0.25) is 4.79 Å². The number of fused-ring (bicyclic) bond motifs is 1. The van der Waals surface area contributed by atoms with E-state index in [1.54, 1.807) is 0 Å². The molecule has 0 radical (unpaired) electrons. The summed E-state index contributed by atoms with van der Waals surface area (Å²) in [6, 6.07) is 0. The van der Waals surface area contributed by atoms with Gasteiger partial charge in [-0.1, -0.05) is 10.3 Å². The monoisotopic (exact) mass is 263 g/mol. The van der Waals surface area contributed by atoms with Gasteiger partial charge in [0.25, 0.3) is 0 Å². The van der Waals surface area contributed by atoms with Gasteiger partial charge in [0.05, 0.1) is 0 Å². The maximum Gasteiger partial charge on any atom is 0.493 e. The van der Waals surface area contributed by atoms with Crippen LogP contribution in [0.5, 0.6) is 0 Å². The van der Waals surface area contributed by atoms with Crippen LogP contribution in [0.4, 0.5) is 13.2 Å². The predicted molar refractivity (Wildman–Crippen MR) is 46.5 cm³/mol. The Morgan fingerprint density at radius 2 is 2.06 bits per heavy atom. The zero-order valence-corrected chi connectivity index (χ0v) is 8.52. The van der Waals surface area contributed by atoms with E-state index in [1.165, 1.54) is 0 Å². The molecule has 1 aliphatic carbocycles. The Kier molecular flexibility index (Phi) is 2.85. The van der Waals surface area contributed by atoms with Crippen LogP contribution in [-0.2, 0) is 16.1 Å². The van der Waals surface area contributed by atoms with Gasteiger partial charge >= 0.3 is 12.1 Å². The summed E-state index contributed by atoms with van der Waals surface area (Å²) in [5, 5.41) is 9.61. The van der Waals surface area contributed by atoms with Crippen LogP contribution in [0.15, 0.2) is 9.78 Å². The Hall–Kier alpha value is -2.26. The molecular formula is C8H4F3N3O4. The quantitative estimate of drug-likeness (QED) is 0.545. The van der Waals surface area contributed by atoms with Gasteiger partial charge in [0.15, 0.2) is 5.69 Å². The number of aryl methyl sites for hydroxylation is 1. The molecule has 0 saturated carbocycles. The Morgan fingerprint density at radius 1 is 1.33 bits per heavy atom. The van der Waals surface area contributed by atoms with Crippen molar-refractivity contribution in [2.45, 2.75) is 19.0 Å². The number of rotatable bonds is 1. The summed E-state index contributed by atoms with van der Waals surface area (Å²) in [6.45, 7) is 0. The van der Waals surface area contributed by atoms with E-state index in [4.69, 9.17) is 0 Å². The normalized spacial score (nSPS) is 17.7. The van der Waals surface area contributed by atoms with E-state index in [0.29, 0.717) is 5.69 Å². The number of aromatic nitrogens is 2. The van der Waals surface area contributed by atoms with Crippen LogP contribution in [0.3, 0.4) is 0 Å². The van der Waals surface area contributed by atoms with Crippen LogP contribution in [0.2, 0.25) is 0 Å². The molecule has 10 heteroatoms. The molecule has 0 bridgehead atoms. The second-order valence-electron chi connectivity index (χ2n) is 3.30. The van der Waals surface area contributed by atoms with Gasteiger partial charge in [0, 0.05) is 12.8 Å². The van der Waals surface area contributed by atoms with Crippen LogP contribution >= 0.6 is 0 Å². The Balaban J connectivity index is 2.13. The lowest BCUT2D eigenvalue weighted by Crippen LogP contribution is -2.27. The average molecular weight is 263 g/mol. The first-order valence-corrected chi connectivity index (χ1v) is 4.60. The van der Waals surface area contributed by atoms with Crippen molar-refractivity contribution in [2.75, 3.05) is 0 Å². The number of Topliss-reactive ketones (excluding diaryl/α,β-unsaturated/α-hetero) is 1. The summed E-state index contributed by atoms with van der Waals surface area (Å²) < 4.78 is 39.8. The van der Waals surface area contributed by atoms with E-state index >= 15 is 0 Å². The molecule has 0 aliphatic heterocycles. The molecule has 0 fully saturated rings. The minimum absolute atomic E-state index is 0.00875. The fourth-order valence-corrected chi connectivity index (χ4v) is 1.27. The molecule has 1 aromatic rings. The molecule has 1 heterocycles. The third kappa shape index (κ3) is 2.21. The standard InChI is InChI=1S/C8H4F3N3O4/c9-8(10,11)7(16)17-12-4-2-1-3-5(6(4)15)14-18-13-3/h1-2H2. The van der Waals surface area contributed by atoms with Gasteiger partial charge in [0.2, 0.25) is 5.78 Å². The number of hydrogen-bond donors (Lipinski definition) is 0. The number of oxime groups is 1. The van der Waals surface area contributed by atoms with Gasteiger partial charge in [0.1, 0.15) is 11.4 Å². The maximum atomic E-state index is 11.8. The van der Waals surface area contributed by atoms with Gasteiger partial charge in [-0.05, 0) is 5.16 Å². The summed E-state index contributed by atoms with van der Waals surface area (Å²) in [5.41, 5.74) is -0.181. The first-order valence-electron chi connectivity index (χ1n) is 4.60. The zero-order valence-electron chi connectivity index (χ0n) is 8.52. The number of carbonyl (C=O) groups excluding carboxylic acids is 2. The first kappa shape index (κ1) is 12.2. The molecule has 18 heavy (non-hydrogen) atoms. The second-order valence-corrected chi connectivity index (χ2v) is 3.30. The summed E-state index contributed by atoms with van der Waals surface area (Å²) >= 11 is 0. The molecule has 0 N–H and O–H groups in total. The SMILES string of the molecule is O=C1C(=NOC(=O)C(F)(F)F)CCc2nonc21. The summed E-state index contributed by atoms with van der Waals surface area (Å²) in [4.78, 5) is 25.6. The van der Waals surface area contributed by atoms with Crippen molar-refractivity contribution < 1.29 is 32.2 Å². The highest BCUT2D eigenvalue weighted by molar-refractivity contribution is 6.46. The molecule has 0 unspecified atom stereocenters. The van der Waals surface area contributed by atoms with E-state index in [2.05, 4.69) is 24.9 Å². The number of alkyl halides is 3. The van der Waals surface area contributed by atoms with E-state index in [-0.39, 0.29) is 24.2 Å². The minimum Gasteiger partial charge on any atom is -0.308 e. The van der Waals surface area contributed by atoms with Gasteiger partial charge in [-0.2, -0.15) is 13.2 Å². The minimum atomic E-state index is -5.16. The number of carbonyl (C=O) groups is 2. The smallest absolute Gasteiger partial charge is 0.308 e. The fourth-order valence-electron chi connectivity index (χ4n) is 1.27. The third-order valence-electron chi connectivity index (χ3n) is 2.10. The number of nitrogens with zero attached hydrogens (tertiary/aromatic N) is 3. The van der Waals surface area contributed by atoms with Crippen molar-refractivity contribution in [1.29, 1.82) is 0 Å². The molecule has 0 atom stereocenters. The number of halogens is 3. The second kappa shape index (κ2) is 4.20. The molecule has 0 amide bonds. The van der Waals surface area contributed by atoms with Crippen molar-refractivity contribution in [2.24, 2.45) is 5.16 Å². The van der Waals surface area contributed by atoms with E-state index in [1.807, 2.05) is 0 Å². The van der Waals surface area contributed by atoms with Crippen molar-refractivity contribution in [1.82, 2.24) is 10.3 Å². The molecule has 0 spiro atoms. The highest BCUT2D eigenvalue weighted by atomic mass is 19.4. The molecule has 2 rings (SSSR count). The first-order chi connectivity index (χ1) is 8.39. The van der Waals surface area contributed by atoms with Crippen LogP contribution in [0.25, 0.3) is 0 Å². The highest BCUT2D eigenvalue weighted by Crippen LogP contribution is 2.19. The molecule has 0 aromatic carbocycles. The Bertz CT molecular complexity index is 534. The van der Waals surface area contributed by atoms with Crippen molar-refractivity contribution in [3.05, 3.63) is 11.4 Å². The lowest BCUT2D eigenvalue weighted by atomic mass is 9.98. The fraction of sp³-hybridized carbons (Fsp3) is 0.375. The van der Waals surface area contributed by atoms with Crippen LogP contribution in [-0.4, -0.2) is 34.0 Å². The molecular weight excluding hydrogens is 259 g/mol. The van der Waals surface area contributed by atoms with Crippen molar-refractivity contribution in [3.8, 4) is 0 Å². The molecule has 7 nitrogen and oxygen atoms in total. The summed E-state index contributed by atoms with van der Waals surface area (Å²) in [7, 11) is 0. The third-order valence-corrected chi connectivity index (χ3v) is 2.10. The topological polar surface area (TPSA) is 94.7 Å². The largest absolute Gasteiger partial charge is 0.493 e. The van der Waals surface area contributed by atoms with Crippen LogP contribution in [0.1, 0.15) is 22.6 Å². The molecule has 1 aliphatic rings. The zero-order chi connectivity index (χ0) is 13.3. The van der Waals surface area contributed by atoms with E-state index in [9.17, 15) is 22.8 Å². The van der Waals surface area contributed by atoms with Crippen LogP contribution in [0, 0.1) is 0 Å². The van der Waals surface area contributed by atoms with Gasteiger partial charge in [-0.25, -0.2) is 9.42 Å². The number of ketones is 1. The summed E-state index contributed by atoms with van der Waals surface area (Å²) in [5.74, 6) is -3.26. The maximum absolute atomic E-state index is 11.8. The molecule has 0 saturated heterocycles. The van der Waals surface area contributed by atoms with Gasteiger partial charge in [-0.15, -0.1) is 0 Å². The number of hydrogen-bond acceptors (Lipinski definition) is 7. The van der Waals surface area contributed by atoms with Crippen LogP contribution < -0.4 is 0 Å². The molecule has 96 valence electrons. The Morgan fingerprint density at radius 3 is 2.72 bits per heavy atom. The molecule has 1 aromatic heterocycles. The highest BCUT2D eigenvalue weighted by Gasteiger charge is 2.42. The van der Waals surface area contributed by atoms with E-state index in [0.717, 1.165) is 0 Å². The lowest BCUT2D eigenvalue weighted by molar-refractivity contribution is -0.199. The lowest BCUT2D eigenvalue weighted by Gasteiger charge is -2.08.